The van der Waals surface area contributed by atoms with Crippen molar-refractivity contribution in [2.24, 2.45) is 5.92 Å². The number of ether oxygens (including phenoxy) is 1. The number of halogens is 2. The van der Waals surface area contributed by atoms with Crippen molar-refractivity contribution >= 4 is 29.0 Å². The number of ketones is 1. The van der Waals surface area contributed by atoms with Gasteiger partial charge >= 0.3 is 0 Å². The molecular formula is C16H21Cl2NO2. The van der Waals surface area contributed by atoms with Gasteiger partial charge in [-0.1, -0.05) is 23.2 Å². The van der Waals surface area contributed by atoms with Gasteiger partial charge < -0.3 is 4.74 Å². The summed E-state index contributed by atoms with van der Waals surface area (Å²) < 4.78 is 5.15. The van der Waals surface area contributed by atoms with Crippen molar-refractivity contribution in [2.45, 2.75) is 25.8 Å². The molecular weight excluding hydrogens is 309 g/mol. The van der Waals surface area contributed by atoms with Crippen molar-refractivity contribution in [2.75, 3.05) is 26.8 Å². The van der Waals surface area contributed by atoms with Crippen LogP contribution in [0.3, 0.4) is 0 Å². The van der Waals surface area contributed by atoms with Crippen molar-refractivity contribution in [1.82, 2.24) is 4.90 Å². The molecule has 116 valence electrons. The Balaban J connectivity index is 2.03. The average molecular weight is 330 g/mol. The van der Waals surface area contributed by atoms with E-state index in [2.05, 4.69) is 11.8 Å². The van der Waals surface area contributed by atoms with Gasteiger partial charge in [-0.15, -0.1) is 0 Å². The fraction of sp³-hybridized carbons (Fsp3) is 0.562. The van der Waals surface area contributed by atoms with Crippen LogP contribution >= 0.6 is 23.2 Å². The summed E-state index contributed by atoms with van der Waals surface area (Å²) in [7, 11) is 1.68. The first-order valence-corrected chi connectivity index (χ1v) is 7.99. The number of hydrogen-bond donors (Lipinski definition) is 0. The van der Waals surface area contributed by atoms with Crippen LogP contribution in [0.4, 0.5) is 0 Å². The summed E-state index contributed by atoms with van der Waals surface area (Å²) in [5.41, 5.74) is 0.606. The molecule has 2 rings (SSSR count). The molecule has 1 aromatic carbocycles. The number of rotatable bonds is 8. The molecule has 0 heterocycles. The van der Waals surface area contributed by atoms with E-state index in [-0.39, 0.29) is 5.78 Å². The molecule has 1 atom stereocenters. The molecule has 21 heavy (non-hydrogen) atoms. The minimum atomic E-state index is 0.0668. The fourth-order valence-corrected chi connectivity index (χ4v) is 2.76. The number of methoxy groups -OCH3 is 1. The topological polar surface area (TPSA) is 29.5 Å². The number of nitrogens with zero attached hydrogens (tertiary/aromatic N) is 1. The molecule has 0 N–H and O–H groups in total. The van der Waals surface area contributed by atoms with Gasteiger partial charge in [0.05, 0.1) is 23.2 Å². The molecule has 1 aliphatic carbocycles. The summed E-state index contributed by atoms with van der Waals surface area (Å²) in [6.45, 7) is 3.97. The van der Waals surface area contributed by atoms with Gasteiger partial charge in [0.15, 0.2) is 5.78 Å². The molecule has 5 heteroatoms. The third kappa shape index (κ3) is 4.68. The van der Waals surface area contributed by atoms with Gasteiger partial charge in [-0.2, -0.15) is 0 Å². The highest BCUT2D eigenvalue weighted by molar-refractivity contribution is 6.42. The number of Topliss-reactive ketones (excluding diaryl/α,β-unsaturated/α-hetero) is 1. The Kier molecular flexibility index (Phi) is 6.06. The lowest BCUT2D eigenvalue weighted by Gasteiger charge is -2.28. The predicted octanol–water partition coefficient (Wildman–Crippen LogP) is 3.92. The van der Waals surface area contributed by atoms with Crippen molar-refractivity contribution < 1.29 is 9.53 Å². The van der Waals surface area contributed by atoms with Crippen LogP contribution in [-0.4, -0.2) is 43.5 Å². The summed E-state index contributed by atoms with van der Waals surface area (Å²) in [6, 6.07) is 5.45. The van der Waals surface area contributed by atoms with E-state index in [4.69, 9.17) is 27.9 Å². The zero-order valence-electron chi connectivity index (χ0n) is 12.4. The van der Waals surface area contributed by atoms with Gasteiger partial charge in [0.25, 0.3) is 0 Å². The number of carbonyl (C=O) groups is 1. The van der Waals surface area contributed by atoms with Crippen LogP contribution in [0, 0.1) is 5.92 Å². The highest BCUT2D eigenvalue weighted by Gasteiger charge is 2.32. The van der Waals surface area contributed by atoms with Crippen molar-refractivity contribution in [3.63, 3.8) is 0 Å². The largest absolute Gasteiger partial charge is 0.383 e. The Hall–Kier alpha value is -0.610. The molecule has 0 aliphatic heterocycles. The zero-order valence-corrected chi connectivity index (χ0v) is 14.0. The Morgan fingerprint density at radius 3 is 2.67 bits per heavy atom. The highest BCUT2D eigenvalue weighted by Crippen LogP contribution is 2.35. The number of benzene rings is 1. The van der Waals surface area contributed by atoms with Crippen LogP contribution in [0.5, 0.6) is 0 Å². The van der Waals surface area contributed by atoms with Gasteiger partial charge in [-0.05, 0) is 43.9 Å². The van der Waals surface area contributed by atoms with Gasteiger partial charge in [-0.3, -0.25) is 9.69 Å². The summed E-state index contributed by atoms with van der Waals surface area (Å²) in [5, 5.41) is 0.886. The normalized spacial score (nSPS) is 16.2. The molecule has 0 spiro atoms. The van der Waals surface area contributed by atoms with Crippen LogP contribution in [0.15, 0.2) is 18.2 Å². The quantitative estimate of drug-likeness (QED) is 0.677. The molecule has 1 fully saturated rings. The van der Waals surface area contributed by atoms with E-state index in [1.54, 1.807) is 25.3 Å². The van der Waals surface area contributed by atoms with E-state index in [0.717, 1.165) is 6.54 Å². The molecule has 0 saturated heterocycles. The van der Waals surface area contributed by atoms with Crippen molar-refractivity contribution in [3.05, 3.63) is 33.8 Å². The van der Waals surface area contributed by atoms with Crippen LogP contribution in [-0.2, 0) is 4.74 Å². The fourth-order valence-electron chi connectivity index (χ4n) is 2.46. The Morgan fingerprint density at radius 2 is 2.10 bits per heavy atom. The third-order valence-corrected chi connectivity index (χ3v) is 4.79. The smallest absolute Gasteiger partial charge is 0.176 e. The van der Waals surface area contributed by atoms with Gasteiger partial charge in [0, 0.05) is 25.3 Å². The second kappa shape index (κ2) is 7.59. The van der Waals surface area contributed by atoms with Crippen molar-refractivity contribution in [1.29, 1.82) is 0 Å². The Bertz CT molecular complexity index is 503. The van der Waals surface area contributed by atoms with Crippen LogP contribution in [0.1, 0.15) is 30.1 Å². The number of hydrogen-bond acceptors (Lipinski definition) is 3. The molecule has 1 aliphatic rings. The maximum Gasteiger partial charge on any atom is 0.176 e. The summed E-state index contributed by atoms with van der Waals surface area (Å²) >= 11 is 11.9. The average Bonchev–Trinajstić information content (AvgIpc) is 3.30. The van der Waals surface area contributed by atoms with E-state index < -0.39 is 0 Å². The van der Waals surface area contributed by atoms with E-state index in [1.165, 1.54) is 12.8 Å². The van der Waals surface area contributed by atoms with E-state index >= 15 is 0 Å². The second-order valence-electron chi connectivity index (χ2n) is 5.59. The minimum Gasteiger partial charge on any atom is -0.383 e. The monoisotopic (exact) mass is 329 g/mol. The zero-order chi connectivity index (χ0) is 15.4. The highest BCUT2D eigenvalue weighted by atomic mass is 35.5. The molecule has 3 nitrogen and oxygen atoms in total. The summed E-state index contributed by atoms with van der Waals surface area (Å²) in [4.78, 5) is 14.6. The molecule has 0 bridgehead atoms. The first-order chi connectivity index (χ1) is 10.0. The molecule has 1 unspecified atom stereocenters. The lowest BCUT2D eigenvalue weighted by atomic mass is 10.1. The molecule has 1 saturated carbocycles. The van der Waals surface area contributed by atoms with Gasteiger partial charge in [0.2, 0.25) is 0 Å². The van der Waals surface area contributed by atoms with Crippen LogP contribution in [0.25, 0.3) is 0 Å². The third-order valence-electron chi connectivity index (χ3n) is 4.05. The Labute approximate surface area is 136 Å². The second-order valence-corrected chi connectivity index (χ2v) is 6.41. The van der Waals surface area contributed by atoms with Gasteiger partial charge in [0.1, 0.15) is 0 Å². The van der Waals surface area contributed by atoms with E-state index in [1.807, 2.05) is 0 Å². The minimum absolute atomic E-state index is 0.0668. The van der Waals surface area contributed by atoms with Crippen LogP contribution in [0.2, 0.25) is 10.0 Å². The summed E-state index contributed by atoms with van der Waals surface area (Å²) in [5.74, 6) is 0.778. The first-order valence-electron chi connectivity index (χ1n) is 7.24. The van der Waals surface area contributed by atoms with E-state index in [0.29, 0.717) is 40.7 Å². The lowest BCUT2D eigenvalue weighted by Crippen LogP contribution is -2.40. The van der Waals surface area contributed by atoms with Crippen molar-refractivity contribution in [3.8, 4) is 0 Å². The Morgan fingerprint density at radius 1 is 1.38 bits per heavy atom. The number of carbonyl (C=O) groups excluding carboxylic acids is 1. The molecule has 0 amide bonds. The first kappa shape index (κ1) is 16.8. The predicted molar refractivity (Wildman–Crippen MR) is 86.4 cm³/mol. The molecule has 0 aromatic heterocycles. The maximum atomic E-state index is 12.4. The SMILES string of the molecule is COCCN(CC(=O)c1ccc(Cl)c(Cl)c1)C(C)C1CC1. The van der Waals surface area contributed by atoms with Crippen LogP contribution < -0.4 is 0 Å². The molecule has 1 aromatic rings. The maximum absolute atomic E-state index is 12.4. The molecule has 0 radical (unpaired) electrons. The van der Waals surface area contributed by atoms with Gasteiger partial charge in [-0.25, -0.2) is 0 Å². The van der Waals surface area contributed by atoms with E-state index in [9.17, 15) is 4.79 Å². The lowest BCUT2D eigenvalue weighted by molar-refractivity contribution is 0.0816. The standard InChI is InChI=1S/C16H21Cl2NO2/c1-11(12-3-4-12)19(7-8-21-2)10-16(20)13-5-6-14(17)15(18)9-13/h5-6,9,11-12H,3-4,7-8,10H2,1-2H3. The summed E-state index contributed by atoms with van der Waals surface area (Å²) in [6.07, 6.45) is 2.51.